The number of piperidine rings is 1. The van der Waals surface area contributed by atoms with Crippen molar-refractivity contribution < 1.29 is 26.2 Å². The predicted octanol–water partition coefficient (Wildman–Crippen LogP) is 2.04. The summed E-state index contributed by atoms with van der Waals surface area (Å²) >= 11 is 0. The molecule has 6 rings (SSSR count). The largest absolute Gasteiger partial charge is 0.311 e. The van der Waals surface area contributed by atoms with Crippen molar-refractivity contribution in [1.82, 2.24) is 14.5 Å². The first-order chi connectivity index (χ1) is 19.5. The van der Waals surface area contributed by atoms with Gasteiger partial charge in [-0.15, -0.1) is 0 Å². The van der Waals surface area contributed by atoms with Gasteiger partial charge in [-0.3, -0.25) is 14.2 Å². The molecule has 3 unspecified atom stereocenters. The lowest BCUT2D eigenvalue weighted by Crippen LogP contribution is -2.73. The number of nitrogens with two attached hydrogens (primary N) is 1. The average Bonchev–Trinajstić information content (AvgIpc) is 3.58. The van der Waals surface area contributed by atoms with Crippen LogP contribution >= 0.6 is 0 Å². The number of nitrogens with one attached hydrogen (secondary N) is 1. The van der Waals surface area contributed by atoms with E-state index in [4.69, 9.17) is 9.69 Å². The molecule has 5 aliphatic rings. The molecule has 0 radical (unpaired) electrons. The molecule has 3 aliphatic carbocycles. The molecule has 0 aromatic heterocycles. The minimum Gasteiger partial charge on any atom is -0.311 e. The van der Waals surface area contributed by atoms with Gasteiger partial charge in [0, 0.05) is 49.6 Å². The molecule has 11 nitrogen and oxygen atoms in total. The Hall–Kier alpha value is -1.92. The molecule has 1 aromatic rings. The maximum absolute atomic E-state index is 12.0. The molecule has 2 bridgehead atoms. The maximum atomic E-state index is 12.0. The van der Waals surface area contributed by atoms with Crippen molar-refractivity contribution in [3.8, 4) is 6.07 Å². The number of fused-ring (bicyclic) bond motifs is 2. The first-order valence-electron chi connectivity index (χ1n) is 14.7. The van der Waals surface area contributed by atoms with Crippen molar-refractivity contribution in [2.45, 2.75) is 88.1 Å². The van der Waals surface area contributed by atoms with Crippen LogP contribution in [0, 0.1) is 28.1 Å². The Bertz CT molecular complexity index is 1450. The lowest BCUT2D eigenvalue weighted by molar-refractivity contribution is -0.128. The molecular formula is C29H43N5O6S2. The van der Waals surface area contributed by atoms with Crippen molar-refractivity contribution in [3.63, 3.8) is 0 Å². The van der Waals surface area contributed by atoms with Crippen molar-refractivity contribution in [1.29, 1.82) is 5.26 Å². The van der Waals surface area contributed by atoms with Gasteiger partial charge < -0.3 is 5.32 Å². The SMILES string of the molecule is CC12CCC(C(S(=O)(=O)O)C1=O)C2(C)C.N#CCC1(N2CCC(N[C@@H]3C[C@H]3c3ccccc3)CC2)CN(S(N)(=O)=O)C1. The van der Waals surface area contributed by atoms with E-state index < -0.39 is 31.0 Å². The van der Waals surface area contributed by atoms with E-state index in [1.165, 1.54) is 16.3 Å². The van der Waals surface area contributed by atoms with E-state index in [0.29, 0.717) is 43.9 Å². The third-order valence-electron chi connectivity index (χ3n) is 11.1. The number of hydrogen-bond acceptors (Lipinski definition) is 8. The van der Waals surface area contributed by atoms with Gasteiger partial charge in [0.2, 0.25) is 0 Å². The van der Waals surface area contributed by atoms with Crippen LogP contribution in [0.2, 0.25) is 0 Å². The summed E-state index contributed by atoms with van der Waals surface area (Å²) in [7, 11) is -7.90. The maximum Gasteiger partial charge on any atom is 0.277 e. The van der Waals surface area contributed by atoms with Gasteiger partial charge in [-0.1, -0.05) is 51.1 Å². The van der Waals surface area contributed by atoms with E-state index in [1.807, 2.05) is 20.8 Å². The van der Waals surface area contributed by atoms with Gasteiger partial charge in [0.05, 0.1) is 18.0 Å². The first-order valence-corrected chi connectivity index (χ1v) is 17.8. The van der Waals surface area contributed by atoms with E-state index in [9.17, 15) is 26.9 Å². The Balaban J connectivity index is 0.000000199. The van der Waals surface area contributed by atoms with Crippen LogP contribution < -0.4 is 10.5 Å². The molecule has 0 amide bonds. The second-order valence-electron chi connectivity index (χ2n) is 13.7. The molecule has 2 aliphatic heterocycles. The fraction of sp³-hybridized carbons (Fsp3) is 0.724. The topological polar surface area (TPSA) is 174 Å². The summed E-state index contributed by atoms with van der Waals surface area (Å²) in [6.07, 6.45) is 5.04. The Morgan fingerprint density at radius 1 is 1.07 bits per heavy atom. The van der Waals surface area contributed by atoms with Gasteiger partial charge in [-0.05, 0) is 49.0 Å². The fourth-order valence-corrected chi connectivity index (χ4v) is 10.2. The van der Waals surface area contributed by atoms with Crippen molar-refractivity contribution in [3.05, 3.63) is 35.9 Å². The molecule has 4 N–H and O–H groups in total. The highest BCUT2D eigenvalue weighted by atomic mass is 32.2. The molecule has 2 heterocycles. The van der Waals surface area contributed by atoms with Crippen LogP contribution in [0.4, 0.5) is 0 Å². The molecule has 0 spiro atoms. The third-order valence-corrected chi connectivity index (χ3v) is 13.3. The summed E-state index contributed by atoms with van der Waals surface area (Å²) in [5, 5.41) is 17.0. The molecular weight excluding hydrogens is 578 g/mol. The Kier molecular flexibility index (Phi) is 8.18. The van der Waals surface area contributed by atoms with Crippen LogP contribution in [0.25, 0.3) is 0 Å². The number of likely N-dealkylation sites (tertiary alicyclic amines) is 1. The number of Topliss-reactive ketones (excluding diaryl/α,β-unsaturated/α-hetero) is 1. The Labute approximate surface area is 249 Å². The van der Waals surface area contributed by atoms with Crippen LogP contribution in [0.3, 0.4) is 0 Å². The summed E-state index contributed by atoms with van der Waals surface area (Å²) in [6.45, 7) is 8.11. The molecule has 42 heavy (non-hydrogen) atoms. The second kappa shape index (κ2) is 10.9. The van der Waals surface area contributed by atoms with E-state index in [1.54, 1.807) is 0 Å². The van der Waals surface area contributed by atoms with Crippen molar-refractivity contribution in [2.24, 2.45) is 21.9 Å². The van der Waals surface area contributed by atoms with Crippen molar-refractivity contribution in [2.75, 3.05) is 26.2 Å². The molecule has 2 saturated heterocycles. The number of carbonyl (C=O) groups excluding carboxylic acids is 1. The number of benzene rings is 1. The summed E-state index contributed by atoms with van der Waals surface area (Å²) < 4.78 is 55.8. The van der Waals surface area contributed by atoms with E-state index in [0.717, 1.165) is 32.4 Å². The second-order valence-corrected chi connectivity index (χ2v) is 16.7. The highest BCUT2D eigenvalue weighted by molar-refractivity contribution is 7.87. The number of nitriles is 1. The van der Waals surface area contributed by atoms with Gasteiger partial charge in [-0.2, -0.15) is 26.4 Å². The quantitative estimate of drug-likeness (QED) is 0.385. The van der Waals surface area contributed by atoms with Crippen molar-refractivity contribution >= 4 is 26.1 Å². The van der Waals surface area contributed by atoms with E-state index in [-0.39, 0.29) is 22.7 Å². The Morgan fingerprint density at radius 2 is 1.69 bits per heavy atom. The summed E-state index contributed by atoms with van der Waals surface area (Å²) in [4.78, 5) is 14.3. The van der Waals surface area contributed by atoms with Gasteiger partial charge in [0.1, 0.15) is 5.25 Å². The molecule has 13 heteroatoms. The van der Waals surface area contributed by atoms with Gasteiger partial charge in [0.15, 0.2) is 5.78 Å². The summed E-state index contributed by atoms with van der Waals surface area (Å²) in [5.41, 5.74) is 0.138. The molecule has 1 aromatic carbocycles. The van der Waals surface area contributed by atoms with Crippen LogP contribution in [-0.4, -0.2) is 85.4 Å². The van der Waals surface area contributed by atoms with Gasteiger partial charge in [-0.25, -0.2) is 5.14 Å². The average molecular weight is 622 g/mol. The Morgan fingerprint density at radius 3 is 2.17 bits per heavy atom. The van der Waals surface area contributed by atoms with Gasteiger partial charge in [0.25, 0.3) is 20.3 Å². The van der Waals surface area contributed by atoms with E-state index >= 15 is 0 Å². The standard InChI is InChI=1S/C19H27N5O2S.C10H16O4S/c20-9-8-19(13-24(14-19)27(21,25)26)23-10-6-16(7-11-23)22-18-12-17(18)15-4-2-1-3-5-15;1-9(2)6-4-5-10(9,3)8(11)7(6)15(12,13)14/h1-5,16-18,22H,6-8,10-14H2,(H2,21,25,26);6-7H,4-5H2,1-3H3,(H,12,13,14)/t17-,18+;/m0./s1. The smallest absolute Gasteiger partial charge is 0.277 e. The van der Waals surface area contributed by atoms with Crippen LogP contribution in [-0.2, 0) is 25.1 Å². The lowest BCUT2D eigenvalue weighted by Gasteiger charge is -2.55. The predicted molar refractivity (Wildman–Crippen MR) is 158 cm³/mol. The highest BCUT2D eigenvalue weighted by Crippen LogP contribution is 2.64. The lowest BCUT2D eigenvalue weighted by atomic mass is 9.70. The zero-order valence-electron chi connectivity index (χ0n) is 24.6. The highest BCUT2D eigenvalue weighted by Gasteiger charge is 2.69. The monoisotopic (exact) mass is 621 g/mol. The zero-order valence-corrected chi connectivity index (χ0v) is 26.2. The number of ketones is 1. The van der Waals surface area contributed by atoms with E-state index in [2.05, 4.69) is 46.6 Å². The van der Waals surface area contributed by atoms with Crippen LogP contribution in [0.15, 0.2) is 30.3 Å². The summed E-state index contributed by atoms with van der Waals surface area (Å²) in [5.74, 6) is 0.0976. The number of nitrogens with zero attached hydrogens (tertiary/aromatic N) is 3. The van der Waals surface area contributed by atoms with Crippen LogP contribution in [0.1, 0.15) is 70.8 Å². The minimum absolute atomic E-state index is 0.231. The molecule has 5 fully saturated rings. The number of rotatable bonds is 7. The zero-order chi connectivity index (χ0) is 30.7. The van der Waals surface area contributed by atoms with Gasteiger partial charge >= 0.3 is 0 Å². The number of carbonyl (C=O) groups is 1. The number of hydrogen-bond donors (Lipinski definition) is 3. The normalized spacial score (nSPS) is 34.2. The molecule has 5 atom stereocenters. The first kappa shape index (κ1) is 31.5. The molecule has 3 saturated carbocycles. The third kappa shape index (κ3) is 5.56. The minimum atomic E-state index is -4.24. The fourth-order valence-electron chi connectivity index (χ4n) is 7.98. The van der Waals surface area contributed by atoms with Crippen LogP contribution in [0.5, 0.6) is 0 Å². The molecule has 232 valence electrons. The summed E-state index contributed by atoms with van der Waals surface area (Å²) in [6, 6.07) is 14.0.